The van der Waals surface area contributed by atoms with Crippen molar-refractivity contribution >= 4 is 35.8 Å². The fraction of sp³-hybridized carbons (Fsp3) is 0.348. The lowest BCUT2D eigenvalue weighted by molar-refractivity contribution is -0.134. The van der Waals surface area contributed by atoms with Crippen molar-refractivity contribution in [1.82, 2.24) is 10.2 Å². The molecular formula is C23H29ClN4O4. The van der Waals surface area contributed by atoms with Gasteiger partial charge in [-0.3, -0.25) is 14.4 Å². The van der Waals surface area contributed by atoms with Gasteiger partial charge in [-0.2, -0.15) is 0 Å². The first-order valence-corrected chi connectivity index (χ1v) is 10.2. The number of halogens is 1. The van der Waals surface area contributed by atoms with E-state index in [0.29, 0.717) is 18.7 Å². The number of ether oxygens (including phenoxy) is 1. The number of benzene rings is 2. The molecule has 32 heavy (non-hydrogen) atoms. The summed E-state index contributed by atoms with van der Waals surface area (Å²) in [4.78, 5) is 41.2. The van der Waals surface area contributed by atoms with Crippen LogP contribution in [0.15, 0.2) is 60.7 Å². The molecule has 3 amide bonds. The Morgan fingerprint density at radius 3 is 2.16 bits per heavy atom. The molecule has 9 heteroatoms. The van der Waals surface area contributed by atoms with Crippen molar-refractivity contribution in [3.63, 3.8) is 0 Å². The maximum absolute atomic E-state index is 12.9. The van der Waals surface area contributed by atoms with Crippen molar-refractivity contribution in [2.24, 2.45) is 5.73 Å². The summed E-state index contributed by atoms with van der Waals surface area (Å²) in [7, 11) is 3.27. The topological polar surface area (TPSA) is 108 Å². The van der Waals surface area contributed by atoms with Crippen LogP contribution in [0.2, 0.25) is 0 Å². The van der Waals surface area contributed by atoms with Gasteiger partial charge in [0.1, 0.15) is 6.04 Å². The number of nitrogens with zero attached hydrogens (tertiary/aromatic N) is 2. The number of rotatable bonds is 9. The lowest BCUT2D eigenvalue weighted by Gasteiger charge is -2.22. The lowest BCUT2D eigenvalue weighted by atomic mass is 10.0. The Balaban J connectivity index is 0.00000363. The first kappa shape index (κ1) is 25.3. The molecule has 1 saturated heterocycles. The summed E-state index contributed by atoms with van der Waals surface area (Å²) in [6.07, 6.45) is -1.47. The molecule has 1 aliphatic heterocycles. The number of likely N-dealkylation sites (N-methyl/N-ethyl adjacent to an activating group) is 1. The summed E-state index contributed by atoms with van der Waals surface area (Å²) in [6.45, 7) is 0.591. The molecule has 172 valence electrons. The van der Waals surface area contributed by atoms with Gasteiger partial charge in [-0.1, -0.05) is 48.5 Å². The fourth-order valence-corrected chi connectivity index (χ4v) is 3.37. The summed E-state index contributed by atoms with van der Waals surface area (Å²) in [5.74, 6) is -1.03. The molecule has 0 aromatic heterocycles. The molecule has 2 aromatic carbocycles. The van der Waals surface area contributed by atoms with Crippen LogP contribution in [0.5, 0.6) is 0 Å². The number of carbonyl (C=O) groups excluding carboxylic acids is 3. The molecule has 0 saturated carbocycles. The molecule has 0 spiro atoms. The van der Waals surface area contributed by atoms with Gasteiger partial charge in [-0.05, 0) is 17.7 Å². The SMILES string of the molecule is CN(C)C(=O)[C@H](Cc1ccccc1)NC(=O)C1OC1C(=O)N(CCN)c1ccccc1.Cl. The van der Waals surface area contributed by atoms with E-state index in [0.717, 1.165) is 5.56 Å². The molecule has 3 rings (SSSR count). The average Bonchev–Trinajstić information content (AvgIpc) is 3.58. The van der Waals surface area contributed by atoms with Crippen LogP contribution in [0.1, 0.15) is 5.56 Å². The minimum Gasteiger partial charge on any atom is -0.349 e. The van der Waals surface area contributed by atoms with Crippen LogP contribution in [0, 0.1) is 0 Å². The first-order valence-electron chi connectivity index (χ1n) is 10.2. The van der Waals surface area contributed by atoms with Gasteiger partial charge in [0.2, 0.25) is 5.91 Å². The molecule has 1 heterocycles. The maximum Gasteiger partial charge on any atom is 0.259 e. The number of amides is 3. The number of carbonyl (C=O) groups is 3. The molecule has 2 aromatic rings. The highest BCUT2D eigenvalue weighted by Gasteiger charge is 2.52. The second-order valence-corrected chi connectivity index (χ2v) is 7.57. The Morgan fingerprint density at radius 1 is 1.00 bits per heavy atom. The minimum atomic E-state index is -0.926. The number of hydrogen-bond acceptors (Lipinski definition) is 5. The summed E-state index contributed by atoms with van der Waals surface area (Å²) in [5, 5.41) is 2.75. The van der Waals surface area contributed by atoms with Crippen molar-refractivity contribution in [2.75, 3.05) is 32.1 Å². The predicted octanol–water partition coefficient (Wildman–Crippen LogP) is 0.983. The third-order valence-electron chi connectivity index (χ3n) is 5.02. The quantitative estimate of drug-likeness (QED) is 0.542. The van der Waals surface area contributed by atoms with Crippen molar-refractivity contribution < 1.29 is 19.1 Å². The van der Waals surface area contributed by atoms with Gasteiger partial charge in [-0.25, -0.2) is 0 Å². The monoisotopic (exact) mass is 460 g/mol. The van der Waals surface area contributed by atoms with E-state index >= 15 is 0 Å². The van der Waals surface area contributed by atoms with Crippen LogP contribution in [0.3, 0.4) is 0 Å². The number of hydrogen-bond donors (Lipinski definition) is 2. The van der Waals surface area contributed by atoms with E-state index in [1.54, 1.807) is 26.2 Å². The molecule has 3 N–H and O–H groups in total. The first-order chi connectivity index (χ1) is 14.9. The zero-order chi connectivity index (χ0) is 22.4. The lowest BCUT2D eigenvalue weighted by Crippen LogP contribution is -2.49. The summed E-state index contributed by atoms with van der Waals surface area (Å²) in [6, 6.07) is 17.8. The zero-order valence-corrected chi connectivity index (χ0v) is 19.0. The highest BCUT2D eigenvalue weighted by atomic mass is 35.5. The van der Waals surface area contributed by atoms with Crippen LogP contribution in [0.4, 0.5) is 5.69 Å². The second kappa shape index (κ2) is 11.6. The van der Waals surface area contributed by atoms with E-state index in [2.05, 4.69) is 5.32 Å². The minimum absolute atomic E-state index is 0. The van der Waals surface area contributed by atoms with Crippen molar-refractivity contribution in [2.45, 2.75) is 24.7 Å². The third kappa shape index (κ3) is 6.29. The van der Waals surface area contributed by atoms with Crippen LogP contribution < -0.4 is 16.0 Å². The van der Waals surface area contributed by atoms with E-state index in [1.165, 1.54) is 9.80 Å². The van der Waals surface area contributed by atoms with E-state index in [1.807, 2.05) is 48.5 Å². The van der Waals surface area contributed by atoms with E-state index in [-0.39, 0.29) is 30.8 Å². The van der Waals surface area contributed by atoms with Gasteiger partial charge in [0.05, 0.1) is 0 Å². The smallest absolute Gasteiger partial charge is 0.259 e. The van der Waals surface area contributed by atoms with Gasteiger partial charge >= 0.3 is 0 Å². The largest absolute Gasteiger partial charge is 0.349 e. The fourth-order valence-electron chi connectivity index (χ4n) is 3.37. The highest BCUT2D eigenvalue weighted by Crippen LogP contribution is 2.27. The van der Waals surface area contributed by atoms with Crippen LogP contribution in [-0.4, -0.2) is 68.1 Å². The normalized spacial score (nSPS) is 17.5. The van der Waals surface area contributed by atoms with Gasteiger partial charge in [-0.15, -0.1) is 12.4 Å². The summed E-state index contributed by atoms with van der Waals surface area (Å²) < 4.78 is 5.41. The Kier molecular flexibility index (Phi) is 9.19. The molecule has 1 aliphatic rings. The third-order valence-corrected chi connectivity index (χ3v) is 5.02. The van der Waals surface area contributed by atoms with Crippen LogP contribution in [0.25, 0.3) is 0 Å². The Hall–Kier alpha value is -2.94. The number of epoxide rings is 1. The standard InChI is InChI=1S/C23H28N4O4.ClH/c1-26(2)22(29)18(15-16-9-5-3-6-10-16)25-21(28)19-20(31-19)23(30)27(14-13-24)17-11-7-4-8-12-17;/h3-12,18-20H,13-15,24H2,1-2H3,(H,25,28);1H/t18-,19?,20?;/m0./s1. The van der Waals surface area contributed by atoms with E-state index < -0.39 is 24.2 Å². The molecular weight excluding hydrogens is 432 g/mol. The number of nitrogens with two attached hydrogens (primary N) is 1. The summed E-state index contributed by atoms with van der Waals surface area (Å²) in [5.41, 5.74) is 7.28. The molecule has 0 bridgehead atoms. The number of anilines is 1. The number of para-hydroxylation sites is 1. The van der Waals surface area contributed by atoms with E-state index in [4.69, 9.17) is 10.5 Å². The van der Waals surface area contributed by atoms with Crippen molar-refractivity contribution in [3.05, 3.63) is 66.2 Å². The second-order valence-electron chi connectivity index (χ2n) is 7.57. The molecule has 2 unspecified atom stereocenters. The molecule has 0 radical (unpaired) electrons. The van der Waals surface area contributed by atoms with Crippen LogP contribution >= 0.6 is 12.4 Å². The van der Waals surface area contributed by atoms with Crippen LogP contribution in [-0.2, 0) is 25.5 Å². The Morgan fingerprint density at radius 2 is 1.59 bits per heavy atom. The number of nitrogens with one attached hydrogen (secondary N) is 1. The zero-order valence-electron chi connectivity index (χ0n) is 18.1. The Labute approximate surface area is 194 Å². The van der Waals surface area contributed by atoms with Gasteiger partial charge < -0.3 is 25.6 Å². The molecule has 3 atom stereocenters. The summed E-state index contributed by atoms with van der Waals surface area (Å²) >= 11 is 0. The molecule has 8 nitrogen and oxygen atoms in total. The van der Waals surface area contributed by atoms with Gasteiger partial charge in [0, 0.05) is 39.3 Å². The highest BCUT2D eigenvalue weighted by molar-refractivity contribution is 6.03. The molecule has 0 aliphatic carbocycles. The maximum atomic E-state index is 12.9. The molecule has 1 fully saturated rings. The Bertz CT molecular complexity index is 911. The average molecular weight is 461 g/mol. The predicted molar refractivity (Wildman–Crippen MR) is 125 cm³/mol. The van der Waals surface area contributed by atoms with Gasteiger partial charge in [0.15, 0.2) is 12.2 Å². The van der Waals surface area contributed by atoms with Crippen molar-refractivity contribution in [1.29, 1.82) is 0 Å². The van der Waals surface area contributed by atoms with Crippen molar-refractivity contribution in [3.8, 4) is 0 Å². The van der Waals surface area contributed by atoms with Gasteiger partial charge in [0.25, 0.3) is 11.8 Å². The van der Waals surface area contributed by atoms with E-state index in [9.17, 15) is 14.4 Å².